The van der Waals surface area contributed by atoms with Gasteiger partial charge in [0.15, 0.2) is 0 Å². The number of sulfonamides is 1. The Morgan fingerprint density at radius 3 is 2.70 bits per heavy atom. The van der Waals surface area contributed by atoms with Crippen molar-refractivity contribution in [1.29, 1.82) is 5.26 Å². The van der Waals surface area contributed by atoms with Crippen molar-refractivity contribution in [3.8, 4) is 6.07 Å². The van der Waals surface area contributed by atoms with Gasteiger partial charge in [-0.25, -0.2) is 13.1 Å². The second kappa shape index (κ2) is 5.36. The van der Waals surface area contributed by atoms with E-state index in [2.05, 4.69) is 4.72 Å². The molecule has 2 rings (SSSR count). The predicted molar refractivity (Wildman–Crippen MR) is 73.0 cm³/mol. The summed E-state index contributed by atoms with van der Waals surface area (Å²) < 4.78 is 32.0. The maximum atomic E-state index is 12.2. The van der Waals surface area contributed by atoms with Gasteiger partial charge in [-0.15, -0.1) is 0 Å². The highest BCUT2D eigenvalue weighted by molar-refractivity contribution is 7.89. The van der Waals surface area contributed by atoms with Crippen molar-refractivity contribution in [3.63, 3.8) is 0 Å². The van der Waals surface area contributed by atoms with Gasteiger partial charge in [-0.2, -0.15) is 5.26 Å². The number of benzene rings is 1. The van der Waals surface area contributed by atoms with Crippen LogP contribution < -0.4 is 10.5 Å². The van der Waals surface area contributed by atoms with Gasteiger partial charge in [-0.3, -0.25) is 0 Å². The molecule has 1 heterocycles. The Balaban J connectivity index is 2.25. The first-order valence-electron chi connectivity index (χ1n) is 5.77. The van der Waals surface area contributed by atoms with Crippen LogP contribution in [0.5, 0.6) is 0 Å². The topological polar surface area (TPSA) is 109 Å². The third-order valence-electron chi connectivity index (χ3n) is 2.65. The molecule has 0 aliphatic heterocycles. The van der Waals surface area contributed by atoms with Gasteiger partial charge in [0, 0.05) is 5.69 Å². The fourth-order valence-electron chi connectivity index (χ4n) is 1.69. The zero-order chi connectivity index (χ0) is 14.8. The summed E-state index contributed by atoms with van der Waals surface area (Å²) in [6, 6.07) is 9.32. The molecule has 0 aliphatic rings. The maximum Gasteiger partial charge on any atom is 0.242 e. The molecule has 2 aromatic rings. The van der Waals surface area contributed by atoms with Crippen molar-refractivity contribution >= 4 is 15.7 Å². The van der Waals surface area contributed by atoms with Crippen LogP contribution >= 0.6 is 0 Å². The van der Waals surface area contributed by atoms with Crippen LogP contribution in [0.3, 0.4) is 0 Å². The summed E-state index contributed by atoms with van der Waals surface area (Å²) in [6.07, 6.45) is 0. The van der Waals surface area contributed by atoms with Gasteiger partial charge < -0.3 is 10.2 Å². The largest absolute Gasteiger partial charge is 0.465 e. The number of anilines is 1. The summed E-state index contributed by atoms with van der Waals surface area (Å²) in [5.74, 6) is 1.20. The summed E-state index contributed by atoms with van der Waals surface area (Å²) >= 11 is 0. The molecular formula is C13H13N3O3S. The molecule has 0 unspecified atom stereocenters. The normalized spacial score (nSPS) is 11.2. The van der Waals surface area contributed by atoms with Gasteiger partial charge >= 0.3 is 0 Å². The van der Waals surface area contributed by atoms with E-state index in [-0.39, 0.29) is 17.0 Å². The Hall–Kier alpha value is -2.30. The molecule has 0 atom stereocenters. The van der Waals surface area contributed by atoms with E-state index in [1.807, 2.05) is 6.07 Å². The SMILES string of the molecule is Cc1ccc(CNS(=O)(=O)c2ccc(N)cc2C#N)o1. The van der Waals surface area contributed by atoms with Gasteiger partial charge in [0.2, 0.25) is 10.0 Å². The molecule has 0 spiro atoms. The van der Waals surface area contributed by atoms with Crippen LogP contribution in [0, 0.1) is 18.3 Å². The van der Waals surface area contributed by atoms with E-state index in [0.29, 0.717) is 17.2 Å². The molecule has 104 valence electrons. The van der Waals surface area contributed by atoms with Crippen molar-refractivity contribution in [3.05, 3.63) is 47.4 Å². The molecule has 1 aromatic carbocycles. The number of nitrogens with zero attached hydrogens (tertiary/aromatic N) is 1. The second-order valence-electron chi connectivity index (χ2n) is 4.20. The molecule has 0 amide bonds. The van der Waals surface area contributed by atoms with Crippen molar-refractivity contribution in [2.45, 2.75) is 18.4 Å². The van der Waals surface area contributed by atoms with Gasteiger partial charge in [0.1, 0.15) is 17.6 Å². The van der Waals surface area contributed by atoms with Gasteiger partial charge in [-0.05, 0) is 37.3 Å². The van der Waals surface area contributed by atoms with Gasteiger partial charge in [-0.1, -0.05) is 0 Å². The lowest BCUT2D eigenvalue weighted by Gasteiger charge is -2.07. The summed E-state index contributed by atoms with van der Waals surface area (Å²) in [7, 11) is -3.80. The molecule has 0 bridgehead atoms. The van der Waals surface area contributed by atoms with Crippen LogP contribution in [0.4, 0.5) is 5.69 Å². The first kappa shape index (κ1) is 14.1. The summed E-state index contributed by atoms with van der Waals surface area (Å²) in [5, 5.41) is 8.98. The van der Waals surface area contributed by atoms with E-state index < -0.39 is 10.0 Å². The Morgan fingerprint density at radius 2 is 2.10 bits per heavy atom. The van der Waals surface area contributed by atoms with Crippen LogP contribution in [-0.2, 0) is 16.6 Å². The number of rotatable bonds is 4. The molecule has 3 N–H and O–H groups in total. The van der Waals surface area contributed by atoms with Crippen LogP contribution in [0.2, 0.25) is 0 Å². The van der Waals surface area contributed by atoms with Crippen molar-refractivity contribution in [1.82, 2.24) is 4.72 Å². The quantitative estimate of drug-likeness (QED) is 0.830. The molecule has 7 heteroatoms. The average molecular weight is 291 g/mol. The first-order chi connectivity index (χ1) is 9.42. The smallest absolute Gasteiger partial charge is 0.242 e. The molecule has 6 nitrogen and oxygen atoms in total. The lowest BCUT2D eigenvalue weighted by atomic mass is 10.2. The lowest BCUT2D eigenvalue weighted by molar-refractivity contribution is 0.475. The van der Waals surface area contributed by atoms with E-state index in [1.54, 1.807) is 19.1 Å². The molecule has 0 saturated carbocycles. The van der Waals surface area contributed by atoms with Crippen molar-refractivity contribution in [2.75, 3.05) is 5.73 Å². The average Bonchev–Trinajstić information content (AvgIpc) is 2.82. The molecule has 20 heavy (non-hydrogen) atoms. The Kier molecular flexibility index (Phi) is 3.79. The van der Waals surface area contributed by atoms with Gasteiger partial charge in [0.25, 0.3) is 0 Å². The number of nitrogens with one attached hydrogen (secondary N) is 1. The third kappa shape index (κ3) is 2.99. The van der Waals surface area contributed by atoms with Crippen LogP contribution in [0.1, 0.15) is 17.1 Å². The summed E-state index contributed by atoms with van der Waals surface area (Å²) in [6.45, 7) is 1.79. The molecular weight excluding hydrogens is 278 g/mol. The molecule has 0 saturated heterocycles. The summed E-state index contributed by atoms with van der Waals surface area (Å²) in [4.78, 5) is -0.0996. The second-order valence-corrected chi connectivity index (χ2v) is 5.94. The summed E-state index contributed by atoms with van der Waals surface area (Å²) in [5.41, 5.74) is 5.88. The third-order valence-corrected chi connectivity index (χ3v) is 4.11. The minimum Gasteiger partial charge on any atom is -0.465 e. The van der Waals surface area contributed by atoms with E-state index in [1.165, 1.54) is 18.2 Å². The Morgan fingerprint density at radius 1 is 1.35 bits per heavy atom. The monoisotopic (exact) mass is 291 g/mol. The van der Waals surface area contributed by atoms with Crippen LogP contribution in [-0.4, -0.2) is 8.42 Å². The number of nitriles is 1. The standard InChI is InChI=1S/C13H13N3O3S/c1-9-2-4-12(19-9)8-16-20(17,18)13-5-3-11(15)6-10(13)7-14/h2-6,16H,8,15H2,1H3. The molecule has 1 aromatic heterocycles. The predicted octanol–water partition coefficient (Wildman–Crippen LogP) is 1.52. The number of hydrogen-bond donors (Lipinski definition) is 2. The maximum absolute atomic E-state index is 12.2. The number of hydrogen-bond acceptors (Lipinski definition) is 5. The fourth-order valence-corrected chi connectivity index (χ4v) is 2.82. The van der Waals surface area contributed by atoms with E-state index >= 15 is 0 Å². The minimum atomic E-state index is -3.80. The molecule has 0 radical (unpaired) electrons. The fraction of sp³-hybridized carbons (Fsp3) is 0.154. The van der Waals surface area contributed by atoms with E-state index in [9.17, 15) is 8.42 Å². The zero-order valence-electron chi connectivity index (χ0n) is 10.8. The minimum absolute atomic E-state index is 0.00752. The number of aryl methyl sites for hydroxylation is 1. The zero-order valence-corrected chi connectivity index (χ0v) is 11.6. The van der Waals surface area contributed by atoms with E-state index in [4.69, 9.17) is 15.4 Å². The van der Waals surface area contributed by atoms with Gasteiger partial charge in [0.05, 0.1) is 17.0 Å². The Bertz CT molecular complexity index is 772. The number of nitrogen functional groups attached to an aromatic ring is 1. The number of nitrogens with two attached hydrogens (primary N) is 1. The van der Waals surface area contributed by atoms with Crippen molar-refractivity contribution < 1.29 is 12.8 Å². The molecule has 0 aliphatic carbocycles. The van der Waals surface area contributed by atoms with Crippen LogP contribution in [0.25, 0.3) is 0 Å². The Labute approximate surface area is 116 Å². The van der Waals surface area contributed by atoms with Crippen LogP contribution in [0.15, 0.2) is 39.6 Å². The first-order valence-corrected chi connectivity index (χ1v) is 7.25. The van der Waals surface area contributed by atoms with Crippen molar-refractivity contribution in [2.24, 2.45) is 0 Å². The number of furan rings is 1. The highest BCUT2D eigenvalue weighted by Crippen LogP contribution is 2.18. The lowest BCUT2D eigenvalue weighted by Crippen LogP contribution is -2.24. The van der Waals surface area contributed by atoms with E-state index in [0.717, 1.165) is 0 Å². The highest BCUT2D eigenvalue weighted by atomic mass is 32.2. The molecule has 0 fully saturated rings. The highest BCUT2D eigenvalue weighted by Gasteiger charge is 2.19.